The van der Waals surface area contributed by atoms with Crippen molar-refractivity contribution in [1.29, 1.82) is 0 Å². The van der Waals surface area contributed by atoms with Crippen LogP contribution in [0, 0.1) is 0 Å². The Hall–Kier alpha value is -1.89. The number of hydrogen-bond acceptors (Lipinski definition) is 1. The predicted molar refractivity (Wildman–Crippen MR) is 107 cm³/mol. The van der Waals surface area contributed by atoms with E-state index in [1.165, 1.54) is 29.5 Å². The quantitative estimate of drug-likeness (QED) is 0.553. The van der Waals surface area contributed by atoms with Gasteiger partial charge in [-0.15, -0.1) is 0 Å². The Bertz CT molecular complexity index is 526. The van der Waals surface area contributed by atoms with Gasteiger partial charge in [0.25, 0.3) is 0 Å². The minimum absolute atomic E-state index is 0.377. The van der Waals surface area contributed by atoms with E-state index in [-0.39, 0.29) is 0 Å². The van der Waals surface area contributed by atoms with Gasteiger partial charge < -0.3 is 0 Å². The summed E-state index contributed by atoms with van der Waals surface area (Å²) in [5, 5.41) is 0. The third-order valence-corrected chi connectivity index (χ3v) is 3.52. The first-order chi connectivity index (χ1) is 11.7. The fourth-order valence-corrected chi connectivity index (χ4v) is 2.24. The van der Waals surface area contributed by atoms with Crippen LogP contribution < -0.4 is 0 Å². The van der Waals surface area contributed by atoms with Gasteiger partial charge in [0, 0.05) is 12.8 Å². The molecule has 1 nitrogen and oxygen atoms in total. The Labute approximate surface area is 149 Å². The van der Waals surface area contributed by atoms with E-state index >= 15 is 0 Å². The van der Waals surface area contributed by atoms with Gasteiger partial charge in [-0.25, -0.2) is 0 Å². The molecule has 0 aromatic heterocycles. The average molecular weight is 327 g/mol. The lowest BCUT2D eigenvalue weighted by Crippen LogP contribution is -1.91. The van der Waals surface area contributed by atoms with Gasteiger partial charge in [0.1, 0.15) is 5.78 Å². The molecule has 0 aliphatic rings. The van der Waals surface area contributed by atoms with E-state index in [4.69, 9.17) is 0 Å². The highest BCUT2D eigenvalue weighted by Gasteiger charge is 1.96. The van der Waals surface area contributed by atoms with E-state index < -0.39 is 0 Å². The highest BCUT2D eigenvalue weighted by molar-refractivity contribution is 5.77. The second kappa shape index (κ2) is 14.7. The maximum Gasteiger partial charge on any atom is 0.132 e. The van der Waals surface area contributed by atoms with E-state index in [1.54, 1.807) is 0 Å². The second-order valence-corrected chi connectivity index (χ2v) is 5.46. The lowest BCUT2D eigenvalue weighted by Gasteiger charge is -2.03. The lowest BCUT2D eigenvalue weighted by molar-refractivity contribution is -0.118. The number of rotatable bonds is 6. The van der Waals surface area contributed by atoms with Gasteiger partial charge in [-0.2, -0.15) is 0 Å². The molecule has 0 fully saturated rings. The van der Waals surface area contributed by atoms with Gasteiger partial charge in [0.05, 0.1) is 0 Å². The first-order valence-electron chi connectivity index (χ1n) is 9.37. The van der Waals surface area contributed by atoms with Crippen molar-refractivity contribution in [2.45, 2.75) is 66.7 Å². The van der Waals surface area contributed by atoms with Crippen molar-refractivity contribution in [2.24, 2.45) is 0 Å². The van der Waals surface area contributed by atoms with Gasteiger partial charge in [-0.05, 0) is 29.5 Å². The number of hydrogen-bond donors (Lipinski definition) is 0. The number of carbonyl (C=O) groups excluding carboxylic acids is 1. The largest absolute Gasteiger partial charge is 0.300 e. The molecule has 1 heteroatoms. The van der Waals surface area contributed by atoms with Crippen LogP contribution in [0.15, 0.2) is 54.6 Å². The molecule has 0 aliphatic carbocycles. The molecule has 0 atom stereocenters. The van der Waals surface area contributed by atoms with Gasteiger partial charge in [0.15, 0.2) is 0 Å². The van der Waals surface area contributed by atoms with Crippen LogP contribution in [-0.2, 0) is 11.2 Å². The number of Topliss-reactive ketones (excluding diaryl/α,β-unsaturated/α-hetero) is 1. The summed E-state index contributed by atoms with van der Waals surface area (Å²) in [6, 6.07) is 19.4. The third-order valence-electron chi connectivity index (χ3n) is 3.52. The number of benzene rings is 2. The molecular weight excluding hydrogens is 292 g/mol. The molecule has 0 heterocycles. The predicted octanol–water partition coefficient (Wildman–Crippen LogP) is 7.10. The summed E-state index contributed by atoms with van der Waals surface area (Å²) in [4.78, 5) is 10.4. The van der Waals surface area contributed by atoms with Gasteiger partial charge >= 0.3 is 0 Å². The molecule has 0 N–H and O–H groups in total. The van der Waals surface area contributed by atoms with Gasteiger partial charge in [0.2, 0.25) is 0 Å². The lowest BCUT2D eigenvalue weighted by atomic mass is 10.0. The molecule has 2 aromatic rings. The van der Waals surface area contributed by atoms with E-state index in [2.05, 4.69) is 61.5 Å². The zero-order chi connectivity index (χ0) is 18.2. The Morgan fingerprint density at radius 2 is 1.29 bits per heavy atom. The molecular formula is C23H34O. The Morgan fingerprint density at radius 1 is 0.750 bits per heavy atom. The van der Waals surface area contributed by atoms with E-state index in [9.17, 15) is 4.79 Å². The second-order valence-electron chi connectivity index (χ2n) is 5.46. The average Bonchev–Trinajstić information content (AvgIpc) is 2.66. The van der Waals surface area contributed by atoms with Crippen LogP contribution in [-0.4, -0.2) is 5.78 Å². The minimum atomic E-state index is 0.377. The number of ketones is 1. The number of carbonyl (C=O) groups is 1. The smallest absolute Gasteiger partial charge is 0.132 e. The van der Waals surface area contributed by atoms with Crippen LogP contribution >= 0.6 is 0 Å². The molecule has 0 aliphatic heterocycles. The SMILES string of the molecule is CC.CCCC(=O)CC.CCCc1ccc(-c2ccccc2)cc1. The zero-order valence-corrected chi connectivity index (χ0v) is 16.1. The Morgan fingerprint density at radius 3 is 1.71 bits per heavy atom. The van der Waals surface area contributed by atoms with E-state index in [0.717, 1.165) is 12.8 Å². The molecule has 2 rings (SSSR count). The van der Waals surface area contributed by atoms with Crippen molar-refractivity contribution in [1.82, 2.24) is 0 Å². The molecule has 0 bridgehead atoms. The van der Waals surface area contributed by atoms with Crippen LogP contribution in [0.2, 0.25) is 0 Å². The third kappa shape index (κ3) is 9.29. The summed E-state index contributed by atoms with van der Waals surface area (Å²) in [5.74, 6) is 0.377. The highest BCUT2D eigenvalue weighted by atomic mass is 16.1. The maximum absolute atomic E-state index is 10.4. The highest BCUT2D eigenvalue weighted by Crippen LogP contribution is 2.19. The molecule has 0 spiro atoms. The molecule has 0 unspecified atom stereocenters. The van der Waals surface area contributed by atoms with Crippen molar-refractivity contribution in [2.75, 3.05) is 0 Å². The molecule has 0 radical (unpaired) electrons. The first-order valence-corrected chi connectivity index (χ1v) is 9.37. The van der Waals surface area contributed by atoms with Gasteiger partial charge in [-0.1, -0.05) is 95.6 Å². The van der Waals surface area contributed by atoms with E-state index in [0.29, 0.717) is 12.2 Å². The fraction of sp³-hybridized carbons (Fsp3) is 0.435. The summed E-state index contributed by atoms with van der Waals surface area (Å²) < 4.78 is 0. The van der Waals surface area contributed by atoms with Crippen molar-refractivity contribution in [3.05, 3.63) is 60.2 Å². The topological polar surface area (TPSA) is 17.1 Å². The molecule has 132 valence electrons. The molecule has 0 amide bonds. The maximum atomic E-state index is 10.4. The van der Waals surface area contributed by atoms with Crippen LogP contribution in [0.1, 0.15) is 65.9 Å². The summed E-state index contributed by atoms with van der Waals surface area (Å²) in [6.45, 7) is 10.1. The molecule has 0 saturated heterocycles. The summed E-state index contributed by atoms with van der Waals surface area (Å²) in [7, 11) is 0. The van der Waals surface area contributed by atoms with Crippen LogP contribution in [0.4, 0.5) is 0 Å². The summed E-state index contributed by atoms with van der Waals surface area (Å²) >= 11 is 0. The first kappa shape index (κ1) is 22.1. The van der Waals surface area contributed by atoms with E-state index in [1.807, 2.05) is 27.7 Å². The monoisotopic (exact) mass is 326 g/mol. The van der Waals surface area contributed by atoms with Crippen molar-refractivity contribution in [3.8, 4) is 11.1 Å². The molecule has 2 aromatic carbocycles. The normalized spacial score (nSPS) is 9.21. The minimum Gasteiger partial charge on any atom is -0.300 e. The van der Waals surface area contributed by atoms with Gasteiger partial charge in [-0.3, -0.25) is 4.79 Å². The standard InChI is InChI=1S/C15H16.C6H12O.C2H6/c1-2-6-13-9-11-15(12-10-13)14-7-4-3-5-8-14;1-3-5-6(7)4-2;1-2/h3-5,7-12H,2,6H2,1H3;3-5H2,1-2H3;1-2H3. The van der Waals surface area contributed by atoms with Crippen molar-refractivity contribution >= 4 is 5.78 Å². The molecule has 24 heavy (non-hydrogen) atoms. The fourth-order valence-electron chi connectivity index (χ4n) is 2.24. The molecule has 0 saturated carbocycles. The zero-order valence-electron chi connectivity index (χ0n) is 16.1. The summed E-state index contributed by atoms with van der Waals surface area (Å²) in [6.07, 6.45) is 4.84. The van der Waals surface area contributed by atoms with Crippen LogP contribution in [0.3, 0.4) is 0 Å². The van der Waals surface area contributed by atoms with Crippen molar-refractivity contribution < 1.29 is 4.79 Å². The Kier molecular flexibility index (Phi) is 13.5. The number of aryl methyl sites for hydroxylation is 1. The van der Waals surface area contributed by atoms with Crippen LogP contribution in [0.5, 0.6) is 0 Å². The van der Waals surface area contributed by atoms with Crippen LogP contribution in [0.25, 0.3) is 11.1 Å². The Balaban J connectivity index is 0.000000501. The summed E-state index contributed by atoms with van der Waals surface area (Å²) in [5.41, 5.74) is 4.02. The van der Waals surface area contributed by atoms with Crippen molar-refractivity contribution in [3.63, 3.8) is 0 Å².